The second kappa shape index (κ2) is 9.56. The topological polar surface area (TPSA) is 101 Å². The van der Waals surface area contributed by atoms with Gasteiger partial charge in [0.1, 0.15) is 5.82 Å². The molecule has 0 fully saturated rings. The maximum Gasteiger partial charge on any atom is 0.442 e. The first-order chi connectivity index (χ1) is 18.1. The third-order valence-corrected chi connectivity index (χ3v) is 6.48. The molecule has 0 saturated carbocycles. The Balaban J connectivity index is 1.27. The molecule has 0 atom stereocenters. The first kappa shape index (κ1) is 25.4. The Bertz CT molecular complexity index is 1520. The highest BCUT2D eigenvalue weighted by atomic mass is 35.5. The number of nitrogens with zero attached hydrogens (tertiary/aromatic N) is 4. The van der Waals surface area contributed by atoms with Gasteiger partial charge in [-0.05, 0) is 37.1 Å². The quantitative estimate of drug-likeness (QED) is 0.383. The van der Waals surface area contributed by atoms with Gasteiger partial charge in [0.2, 0.25) is 0 Å². The molecule has 0 spiro atoms. The molecule has 5 rings (SSSR count). The van der Waals surface area contributed by atoms with Crippen LogP contribution in [-0.4, -0.2) is 27.8 Å². The van der Waals surface area contributed by atoms with E-state index >= 15 is 0 Å². The number of amides is 2. The lowest BCUT2D eigenvalue weighted by atomic mass is 10.00. The van der Waals surface area contributed by atoms with Gasteiger partial charge in [0.25, 0.3) is 11.8 Å². The van der Waals surface area contributed by atoms with Crippen molar-refractivity contribution < 1.29 is 22.8 Å². The van der Waals surface area contributed by atoms with Crippen molar-refractivity contribution in [3.8, 4) is 11.3 Å². The summed E-state index contributed by atoms with van der Waals surface area (Å²) >= 11 is 6.13. The molecule has 2 amide bonds. The smallest absolute Gasteiger partial charge is 0.322 e. The van der Waals surface area contributed by atoms with Crippen LogP contribution in [0, 0.1) is 0 Å². The summed E-state index contributed by atoms with van der Waals surface area (Å²) in [4.78, 5) is 25.3. The predicted molar refractivity (Wildman–Crippen MR) is 136 cm³/mol. The summed E-state index contributed by atoms with van der Waals surface area (Å²) in [6.45, 7) is 0. The molecule has 0 radical (unpaired) electrons. The second-order valence-electron chi connectivity index (χ2n) is 8.72. The van der Waals surface area contributed by atoms with Crippen molar-refractivity contribution >= 4 is 34.9 Å². The molecule has 1 aromatic heterocycles. The van der Waals surface area contributed by atoms with E-state index in [9.17, 15) is 22.8 Å². The highest BCUT2D eigenvalue weighted by molar-refractivity contribution is 6.36. The number of carbonyl (C=O) groups is 2. The van der Waals surface area contributed by atoms with Crippen LogP contribution in [0.2, 0.25) is 0 Å². The van der Waals surface area contributed by atoms with E-state index < -0.39 is 17.7 Å². The van der Waals surface area contributed by atoms with Crippen LogP contribution in [0.5, 0.6) is 0 Å². The minimum atomic E-state index is -4.69. The van der Waals surface area contributed by atoms with Crippen LogP contribution >= 0.6 is 11.6 Å². The standard InChI is InChI=1S/C26H20ClF3N6O2/c1-36-22(32-23(37)16-5-4-6-17(13-16)25(34-35-25)26(28,29)30)14-21(33-36)15-9-11-18(12-10-15)31-24(38)19-7-2-3-8-20(19)27/h4-14H,2-3H2,1H3,(H,31,38)(H,32,37). The van der Waals surface area contributed by atoms with Gasteiger partial charge in [-0.1, -0.05) is 48.0 Å². The number of hydrogen-bond acceptors (Lipinski definition) is 5. The fourth-order valence-corrected chi connectivity index (χ4v) is 4.27. The lowest BCUT2D eigenvalue weighted by Gasteiger charge is -2.15. The van der Waals surface area contributed by atoms with Gasteiger partial charge in [-0.3, -0.25) is 14.3 Å². The Morgan fingerprint density at radius 2 is 1.68 bits per heavy atom. The Hall–Kier alpha value is -4.25. The molecule has 0 unspecified atom stereocenters. The maximum absolute atomic E-state index is 13.3. The van der Waals surface area contributed by atoms with Crippen molar-refractivity contribution in [1.29, 1.82) is 0 Å². The normalized spacial score (nSPS) is 15.9. The van der Waals surface area contributed by atoms with E-state index in [2.05, 4.69) is 26.0 Å². The number of hydrogen-bond donors (Lipinski definition) is 2. The van der Waals surface area contributed by atoms with Gasteiger partial charge in [0.15, 0.2) is 0 Å². The summed E-state index contributed by atoms with van der Waals surface area (Å²) in [5.74, 6) is -0.567. The van der Waals surface area contributed by atoms with E-state index in [4.69, 9.17) is 11.6 Å². The molecule has 1 aliphatic carbocycles. The first-order valence-corrected chi connectivity index (χ1v) is 11.9. The highest BCUT2D eigenvalue weighted by Crippen LogP contribution is 2.52. The zero-order chi connectivity index (χ0) is 27.1. The van der Waals surface area contributed by atoms with E-state index in [0.717, 1.165) is 24.5 Å². The number of rotatable bonds is 6. The third-order valence-electron chi connectivity index (χ3n) is 6.12. The molecule has 3 aromatic rings. The van der Waals surface area contributed by atoms with Crippen molar-refractivity contribution in [2.45, 2.75) is 24.7 Å². The first-order valence-electron chi connectivity index (χ1n) is 11.5. The molecule has 12 heteroatoms. The van der Waals surface area contributed by atoms with E-state index in [1.165, 1.54) is 22.9 Å². The number of aryl methyl sites for hydroxylation is 1. The molecule has 2 N–H and O–H groups in total. The van der Waals surface area contributed by atoms with Crippen molar-refractivity contribution in [2.24, 2.45) is 17.3 Å². The van der Waals surface area contributed by atoms with Gasteiger partial charge in [-0.15, -0.1) is 10.2 Å². The summed E-state index contributed by atoms with van der Waals surface area (Å²) in [6.07, 6.45) is 0.479. The van der Waals surface area contributed by atoms with Crippen LogP contribution in [0.1, 0.15) is 28.8 Å². The van der Waals surface area contributed by atoms with Gasteiger partial charge in [-0.2, -0.15) is 18.3 Å². The monoisotopic (exact) mass is 540 g/mol. The molecule has 2 aliphatic rings. The summed E-state index contributed by atoms with van der Waals surface area (Å²) in [5, 5.41) is 16.7. The van der Waals surface area contributed by atoms with Gasteiger partial charge >= 0.3 is 11.8 Å². The van der Waals surface area contributed by atoms with Crippen LogP contribution in [0.3, 0.4) is 0 Å². The average Bonchev–Trinajstić information content (AvgIpc) is 3.64. The minimum absolute atomic E-state index is 0.0225. The van der Waals surface area contributed by atoms with Crippen LogP contribution in [0.15, 0.2) is 87.6 Å². The molecule has 2 heterocycles. The molecule has 0 bridgehead atoms. The van der Waals surface area contributed by atoms with Crippen molar-refractivity contribution in [3.05, 3.63) is 88.5 Å². The van der Waals surface area contributed by atoms with Gasteiger partial charge in [0.05, 0.1) is 11.3 Å². The molecular weight excluding hydrogens is 521 g/mol. The predicted octanol–water partition coefficient (Wildman–Crippen LogP) is 6.30. The lowest BCUT2D eigenvalue weighted by Crippen LogP contribution is -2.30. The number of benzene rings is 2. The highest BCUT2D eigenvalue weighted by Gasteiger charge is 2.65. The number of halogens is 4. The summed E-state index contributed by atoms with van der Waals surface area (Å²) in [7, 11) is 1.62. The SMILES string of the molecule is Cn1nc(-c2ccc(NC(=O)C3=CCCC=C3Cl)cc2)cc1NC(=O)c1cccc(C2(C(F)(F)F)N=N2)c1. The Labute approximate surface area is 219 Å². The zero-order valence-corrected chi connectivity index (χ0v) is 20.6. The molecular formula is C26H20ClF3N6O2. The Morgan fingerprint density at radius 1 is 0.974 bits per heavy atom. The minimum Gasteiger partial charge on any atom is -0.322 e. The van der Waals surface area contributed by atoms with Crippen molar-refractivity contribution in [3.63, 3.8) is 0 Å². The number of aromatic nitrogens is 2. The summed E-state index contributed by atoms with van der Waals surface area (Å²) in [5.41, 5.74) is -0.535. The van der Waals surface area contributed by atoms with Gasteiger partial charge < -0.3 is 10.6 Å². The van der Waals surface area contributed by atoms with E-state index in [0.29, 0.717) is 27.8 Å². The largest absolute Gasteiger partial charge is 0.442 e. The second-order valence-corrected chi connectivity index (χ2v) is 9.13. The molecule has 194 valence electrons. The van der Waals surface area contributed by atoms with Gasteiger partial charge in [0, 0.05) is 40.5 Å². The number of carbonyl (C=O) groups excluding carboxylic acids is 2. The number of alkyl halides is 3. The molecule has 8 nitrogen and oxygen atoms in total. The van der Waals surface area contributed by atoms with Crippen LogP contribution < -0.4 is 10.6 Å². The van der Waals surface area contributed by atoms with E-state index in [-0.39, 0.29) is 17.0 Å². The van der Waals surface area contributed by atoms with Crippen LogP contribution in [0.4, 0.5) is 24.7 Å². The molecule has 2 aromatic carbocycles. The number of anilines is 2. The molecule has 0 saturated heterocycles. The number of allylic oxidation sites excluding steroid dienone is 2. The summed E-state index contributed by atoms with van der Waals surface area (Å²) < 4.78 is 41.5. The van der Waals surface area contributed by atoms with Gasteiger partial charge in [-0.25, -0.2) is 0 Å². The van der Waals surface area contributed by atoms with Crippen LogP contribution in [0.25, 0.3) is 11.3 Å². The maximum atomic E-state index is 13.3. The molecule has 1 aliphatic heterocycles. The average molecular weight is 541 g/mol. The Morgan fingerprint density at radius 3 is 2.34 bits per heavy atom. The lowest BCUT2D eigenvalue weighted by molar-refractivity contribution is -0.166. The Kier molecular flexibility index (Phi) is 6.39. The van der Waals surface area contributed by atoms with Crippen molar-refractivity contribution in [1.82, 2.24) is 9.78 Å². The third kappa shape index (κ3) is 4.84. The van der Waals surface area contributed by atoms with E-state index in [1.807, 2.05) is 6.08 Å². The fraction of sp³-hybridized carbons (Fsp3) is 0.192. The van der Waals surface area contributed by atoms with E-state index in [1.54, 1.807) is 43.5 Å². The number of nitrogens with one attached hydrogen (secondary N) is 2. The van der Waals surface area contributed by atoms with Crippen LogP contribution in [-0.2, 0) is 17.5 Å². The fourth-order valence-electron chi connectivity index (χ4n) is 4.00. The summed E-state index contributed by atoms with van der Waals surface area (Å²) in [6, 6.07) is 13.7. The molecule has 38 heavy (non-hydrogen) atoms. The zero-order valence-electron chi connectivity index (χ0n) is 19.9. The van der Waals surface area contributed by atoms with Crippen molar-refractivity contribution in [2.75, 3.05) is 10.6 Å².